The lowest BCUT2D eigenvalue weighted by Crippen LogP contribution is -2.69. The Morgan fingerprint density at radius 3 is 1.67 bits per heavy atom. The third-order valence-corrected chi connectivity index (χ3v) is 4.37. The molecule has 0 aromatic carbocycles. The molecule has 0 aromatic rings. The van der Waals surface area contributed by atoms with Crippen LogP contribution in [0.2, 0.25) is 0 Å². The SMILES string of the molecule is CC1(C)CC(C)(C)C2(OCC2(C)C)C1=O. The molecule has 0 amide bonds. The smallest absolute Gasteiger partial charge is 0.171 e. The summed E-state index contributed by atoms with van der Waals surface area (Å²) < 4.78 is 5.81. The van der Waals surface area contributed by atoms with Crippen LogP contribution in [0.1, 0.15) is 48.0 Å². The highest BCUT2D eigenvalue weighted by Crippen LogP contribution is 2.65. The molecule has 1 heterocycles. The van der Waals surface area contributed by atoms with Gasteiger partial charge in [0, 0.05) is 16.2 Å². The number of hydrogen-bond donors (Lipinski definition) is 0. The van der Waals surface area contributed by atoms with E-state index in [9.17, 15) is 4.79 Å². The summed E-state index contributed by atoms with van der Waals surface area (Å²) in [6, 6.07) is 0. The summed E-state index contributed by atoms with van der Waals surface area (Å²) in [6.07, 6.45) is 0.919. The lowest BCUT2D eigenvalue weighted by molar-refractivity contribution is -0.273. The third-order valence-electron chi connectivity index (χ3n) is 4.37. The first kappa shape index (κ1) is 11.1. The largest absolute Gasteiger partial charge is 0.365 e. The highest BCUT2D eigenvalue weighted by atomic mass is 16.5. The van der Waals surface area contributed by atoms with Crippen LogP contribution in [-0.2, 0) is 9.53 Å². The van der Waals surface area contributed by atoms with Gasteiger partial charge in [0.2, 0.25) is 0 Å². The zero-order chi connectivity index (χ0) is 11.7. The Hall–Kier alpha value is -0.370. The number of rotatable bonds is 0. The van der Waals surface area contributed by atoms with Crippen LogP contribution in [0.25, 0.3) is 0 Å². The standard InChI is InChI=1S/C13H22O2/c1-10(2)7-11(3,4)13(9(10)14)12(5,6)8-15-13/h7-8H2,1-6H3. The molecule has 2 aliphatic rings. The van der Waals surface area contributed by atoms with E-state index < -0.39 is 5.60 Å². The van der Waals surface area contributed by atoms with Crippen molar-refractivity contribution in [3.05, 3.63) is 0 Å². The van der Waals surface area contributed by atoms with Gasteiger partial charge in [-0.2, -0.15) is 0 Å². The number of Topliss-reactive ketones (excluding diaryl/α,β-unsaturated/α-hetero) is 1. The van der Waals surface area contributed by atoms with Crippen molar-refractivity contribution in [2.75, 3.05) is 6.61 Å². The molecule has 0 aromatic heterocycles. The predicted molar refractivity (Wildman–Crippen MR) is 59.7 cm³/mol. The topological polar surface area (TPSA) is 26.3 Å². The van der Waals surface area contributed by atoms with Crippen molar-refractivity contribution in [3.63, 3.8) is 0 Å². The zero-order valence-electron chi connectivity index (χ0n) is 10.7. The van der Waals surface area contributed by atoms with Crippen molar-refractivity contribution < 1.29 is 9.53 Å². The minimum absolute atomic E-state index is 0.0125. The van der Waals surface area contributed by atoms with Gasteiger partial charge in [0.25, 0.3) is 0 Å². The third kappa shape index (κ3) is 1.01. The van der Waals surface area contributed by atoms with Gasteiger partial charge in [-0.25, -0.2) is 0 Å². The molecule has 2 rings (SSSR count). The molecule has 1 atom stereocenters. The lowest BCUT2D eigenvalue weighted by Gasteiger charge is -2.58. The minimum Gasteiger partial charge on any atom is -0.365 e. The lowest BCUT2D eigenvalue weighted by atomic mass is 9.59. The molecule has 1 saturated carbocycles. The maximum atomic E-state index is 12.5. The number of ketones is 1. The van der Waals surface area contributed by atoms with Crippen molar-refractivity contribution in [1.29, 1.82) is 0 Å². The quantitative estimate of drug-likeness (QED) is 0.614. The number of carbonyl (C=O) groups is 1. The number of ether oxygens (including phenoxy) is 1. The van der Waals surface area contributed by atoms with E-state index in [1.54, 1.807) is 0 Å². The van der Waals surface area contributed by atoms with Gasteiger partial charge in [0.05, 0.1) is 6.61 Å². The summed E-state index contributed by atoms with van der Waals surface area (Å²) in [7, 11) is 0. The molecule has 2 heteroatoms. The van der Waals surface area contributed by atoms with Crippen LogP contribution in [0.5, 0.6) is 0 Å². The van der Waals surface area contributed by atoms with E-state index in [4.69, 9.17) is 4.74 Å². The van der Waals surface area contributed by atoms with Crippen LogP contribution in [0, 0.1) is 16.2 Å². The average molecular weight is 210 g/mol. The van der Waals surface area contributed by atoms with Crippen LogP contribution < -0.4 is 0 Å². The molecule has 15 heavy (non-hydrogen) atoms. The Kier molecular flexibility index (Phi) is 1.84. The molecule has 1 aliphatic carbocycles. The number of hydrogen-bond acceptors (Lipinski definition) is 2. The summed E-state index contributed by atoms with van der Waals surface area (Å²) in [4.78, 5) is 12.5. The van der Waals surface area contributed by atoms with Gasteiger partial charge in [-0.1, -0.05) is 41.5 Å². The normalized spacial score (nSPS) is 40.5. The maximum absolute atomic E-state index is 12.5. The van der Waals surface area contributed by atoms with Crippen molar-refractivity contribution in [2.45, 2.75) is 53.6 Å². The zero-order valence-corrected chi connectivity index (χ0v) is 10.7. The average Bonchev–Trinajstić information content (AvgIpc) is 2.14. The summed E-state index contributed by atoms with van der Waals surface area (Å²) >= 11 is 0. The fraction of sp³-hybridized carbons (Fsp3) is 0.923. The van der Waals surface area contributed by atoms with Crippen molar-refractivity contribution >= 4 is 5.78 Å². The molecule has 1 unspecified atom stereocenters. The van der Waals surface area contributed by atoms with Gasteiger partial charge in [-0.15, -0.1) is 0 Å². The predicted octanol–water partition coefficient (Wildman–Crippen LogP) is 2.81. The first-order valence-electron chi connectivity index (χ1n) is 5.76. The molecule has 0 N–H and O–H groups in total. The van der Waals surface area contributed by atoms with E-state index in [0.717, 1.165) is 6.42 Å². The van der Waals surface area contributed by atoms with E-state index in [2.05, 4.69) is 27.7 Å². The van der Waals surface area contributed by atoms with E-state index in [-0.39, 0.29) is 16.2 Å². The van der Waals surface area contributed by atoms with E-state index >= 15 is 0 Å². The Morgan fingerprint density at radius 1 is 1.00 bits per heavy atom. The maximum Gasteiger partial charge on any atom is 0.171 e. The van der Waals surface area contributed by atoms with Crippen LogP contribution >= 0.6 is 0 Å². The Morgan fingerprint density at radius 2 is 1.53 bits per heavy atom. The van der Waals surface area contributed by atoms with Crippen LogP contribution in [0.15, 0.2) is 0 Å². The van der Waals surface area contributed by atoms with E-state index in [0.29, 0.717) is 12.4 Å². The van der Waals surface area contributed by atoms with Crippen molar-refractivity contribution in [1.82, 2.24) is 0 Å². The second-order valence-corrected chi connectivity index (χ2v) is 7.13. The molecule has 0 radical (unpaired) electrons. The molecule has 0 bridgehead atoms. The van der Waals surface area contributed by atoms with Gasteiger partial charge >= 0.3 is 0 Å². The summed E-state index contributed by atoms with van der Waals surface area (Å²) in [5.74, 6) is 0.302. The number of carbonyl (C=O) groups excluding carboxylic acids is 1. The van der Waals surface area contributed by atoms with Gasteiger partial charge < -0.3 is 4.74 Å². The first-order chi connectivity index (χ1) is 6.57. The highest BCUT2D eigenvalue weighted by molar-refractivity contribution is 5.97. The second-order valence-electron chi connectivity index (χ2n) is 7.13. The van der Waals surface area contributed by atoms with Gasteiger partial charge in [0.1, 0.15) is 5.60 Å². The van der Waals surface area contributed by atoms with Crippen molar-refractivity contribution in [3.8, 4) is 0 Å². The van der Waals surface area contributed by atoms with Crippen LogP contribution in [-0.4, -0.2) is 18.0 Å². The second kappa shape index (κ2) is 2.48. The highest BCUT2D eigenvalue weighted by Gasteiger charge is 2.74. The molecule has 2 nitrogen and oxygen atoms in total. The molecule has 1 spiro atoms. The Labute approximate surface area is 92.4 Å². The van der Waals surface area contributed by atoms with E-state index in [1.165, 1.54) is 0 Å². The van der Waals surface area contributed by atoms with E-state index in [1.807, 2.05) is 13.8 Å². The summed E-state index contributed by atoms with van der Waals surface area (Å²) in [5, 5.41) is 0. The Bertz CT molecular complexity index is 325. The molecular weight excluding hydrogens is 188 g/mol. The van der Waals surface area contributed by atoms with Crippen molar-refractivity contribution in [2.24, 2.45) is 16.2 Å². The molecule has 2 fully saturated rings. The summed E-state index contributed by atoms with van der Waals surface area (Å²) in [5.41, 5.74) is -0.832. The monoisotopic (exact) mass is 210 g/mol. The molecule has 1 saturated heterocycles. The fourth-order valence-electron chi connectivity index (χ4n) is 4.08. The van der Waals surface area contributed by atoms with Gasteiger partial charge in [-0.3, -0.25) is 4.79 Å². The minimum atomic E-state index is -0.538. The molecular formula is C13H22O2. The first-order valence-corrected chi connectivity index (χ1v) is 5.76. The fourth-order valence-corrected chi connectivity index (χ4v) is 4.08. The van der Waals surface area contributed by atoms with Gasteiger partial charge in [0.15, 0.2) is 5.78 Å². The van der Waals surface area contributed by atoms with Gasteiger partial charge in [-0.05, 0) is 6.42 Å². The Balaban J connectivity index is 2.53. The van der Waals surface area contributed by atoms with Crippen LogP contribution in [0.4, 0.5) is 0 Å². The molecule has 86 valence electrons. The van der Waals surface area contributed by atoms with Crippen LogP contribution in [0.3, 0.4) is 0 Å². The molecule has 1 aliphatic heterocycles. The summed E-state index contributed by atoms with van der Waals surface area (Å²) in [6.45, 7) is 13.4.